The van der Waals surface area contributed by atoms with Gasteiger partial charge >= 0.3 is 11.9 Å². The third-order valence-corrected chi connectivity index (χ3v) is 3.14. The van der Waals surface area contributed by atoms with Gasteiger partial charge in [-0.3, -0.25) is 19.8 Å². The van der Waals surface area contributed by atoms with E-state index in [1.54, 1.807) is 0 Å². The summed E-state index contributed by atoms with van der Waals surface area (Å²) in [6.07, 6.45) is -0.732. The molecule has 1 aliphatic rings. The summed E-state index contributed by atoms with van der Waals surface area (Å²) < 4.78 is 5.47. The van der Waals surface area contributed by atoms with Crippen molar-refractivity contribution in [2.45, 2.75) is 18.2 Å². The van der Waals surface area contributed by atoms with E-state index in [4.69, 9.17) is 17.0 Å². The molecule has 9 nitrogen and oxygen atoms in total. The van der Waals surface area contributed by atoms with Gasteiger partial charge in [-0.25, -0.2) is 11.6 Å². The van der Waals surface area contributed by atoms with Crippen molar-refractivity contribution in [1.29, 1.82) is 0 Å². The smallest absolute Gasteiger partial charge is 0.373 e. The molecule has 1 heterocycles. The number of hydrogen-bond acceptors (Lipinski definition) is 6. The molecular formula is C13H12N4O5. The molecule has 0 spiro atoms. The number of carbonyl (C=O) groups excluding carboxylic acids is 1. The zero-order valence-electron chi connectivity index (χ0n) is 11.2. The van der Waals surface area contributed by atoms with E-state index in [9.17, 15) is 20.0 Å². The first-order valence-corrected chi connectivity index (χ1v) is 6.23. The highest BCUT2D eigenvalue weighted by Gasteiger charge is 2.40. The summed E-state index contributed by atoms with van der Waals surface area (Å²) in [5.74, 6) is -1.04. The number of benzene rings is 1. The Morgan fingerprint density at radius 1 is 1.55 bits per heavy atom. The van der Waals surface area contributed by atoms with Gasteiger partial charge in [-0.2, -0.15) is 0 Å². The van der Waals surface area contributed by atoms with E-state index in [-0.39, 0.29) is 18.2 Å². The van der Waals surface area contributed by atoms with Crippen LogP contribution >= 0.6 is 0 Å². The van der Waals surface area contributed by atoms with Gasteiger partial charge in [-0.05, 0) is 17.7 Å². The number of rotatable bonds is 5. The maximum Gasteiger partial charge on any atom is 0.373 e. The summed E-state index contributed by atoms with van der Waals surface area (Å²) in [5, 5.41) is 20.0. The van der Waals surface area contributed by atoms with Crippen LogP contribution in [0, 0.1) is 16.7 Å². The number of ether oxygens (including phenoxy) is 1. The minimum atomic E-state index is -1.35. The van der Waals surface area contributed by atoms with E-state index < -0.39 is 29.0 Å². The Hall–Kier alpha value is -2.99. The molecule has 1 aliphatic heterocycles. The summed E-state index contributed by atoms with van der Waals surface area (Å²) in [6, 6.07) is 3.48. The molecule has 1 aromatic carbocycles. The second-order valence-corrected chi connectivity index (χ2v) is 4.54. The Morgan fingerprint density at radius 2 is 2.18 bits per heavy atom. The number of aliphatic imine (C=N–C) groups is 1. The molecule has 1 aromatic rings. The lowest BCUT2D eigenvalue weighted by atomic mass is 10.0. The summed E-state index contributed by atoms with van der Waals surface area (Å²) in [4.78, 5) is 28.3. The number of hydrogen-bond donors (Lipinski definition) is 2. The number of nitro benzene ring substituents is 1. The fourth-order valence-corrected chi connectivity index (χ4v) is 2.06. The molecule has 0 aliphatic carbocycles. The van der Waals surface area contributed by atoms with Crippen molar-refractivity contribution in [2.75, 3.05) is 6.61 Å². The van der Waals surface area contributed by atoms with Crippen molar-refractivity contribution in [1.82, 2.24) is 0 Å². The lowest BCUT2D eigenvalue weighted by Crippen LogP contribution is -2.33. The monoisotopic (exact) mass is 304 g/mol. The van der Waals surface area contributed by atoms with Gasteiger partial charge in [0.2, 0.25) is 0 Å². The van der Waals surface area contributed by atoms with Crippen LogP contribution in [0.3, 0.4) is 0 Å². The molecule has 3 unspecified atom stereocenters. The van der Waals surface area contributed by atoms with Crippen LogP contribution in [0.1, 0.15) is 11.7 Å². The van der Waals surface area contributed by atoms with E-state index >= 15 is 0 Å². The first kappa shape index (κ1) is 15.4. The highest BCUT2D eigenvalue weighted by Crippen LogP contribution is 2.31. The Bertz CT molecular complexity index is 664. The van der Waals surface area contributed by atoms with Crippen molar-refractivity contribution in [3.63, 3.8) is 0 Å². The molecule has 1 amide bonds. The molecule has 9 heteroatoms. The average molecular weight is 304 g/mol. The number of nitrogens with zero attached hydrogens (tertiary/aromatic N) is 3. The standard InChI is InChI=1S/C13H12N4O5/c1-15-10(12(14)19)13-16-9(6-18)11(22-13)7-2-4-8(5-3-7)17(20)21/h2-5,9-11,18H,6H2,(H2,14,19). The molecule has 0 saturated heterocycles. The van der Waals surface area contributed by atoms with E-state index in [0.717, 1.165) is 0 Å². The number of amides is 1. The van der Waals surface area contributed by atoms with E-state index in [0.29, 0.717) is 5.56 Å². The Kier molecular flexibility index (Phi) is 4.33. The van der Waals surface area contributed by atoms with Crippen LogP contribution in [0.4, 0.5) is 5.69 Å². The number of aliphatic hydroxyl groups excluding tert-OH is 1. The van der Waals surface area contributed by atoms with Gasteiger partial charge in [0, 0.05) is 12.1 Å². The zero-order chi connectivity index (χ0) is 16.3. The minimum absolute atomic E-state index is 0.0837. The fraction of sp³-hybridized carbons (Fsp3) is 0.308. The van der Waals surface area contributed by atoms with Crippen molar-refractivity contribution >= 4 is 17.5 Å². The van der Waals surface area contributed by atoms with Gasteiger partial charge in [0.05, 0.1) is 11.5 Å². The lowest BCUT2D eigenvalue weighted by molar-refractivity contribution is -0.384. The van der Waals surface area contributed by atoms with Crippen molar-refractivity contribution in [3.05, 3.63) is 51.4 Å². The third kappa shape index (κ3) is 2.87. The molecule has 114 valence electrons. The van der Waals surface area contributed by atoms with Gasteiger partial charge in [-0.1, -0.05) is 0 Å². The van der Waals surface area contributed by atoms with Crippen molar-refractivity contribution < 1.29 is 19.6 Å². The zero-order valence-corrected chi connectivity index (χ0v) is 11.2. The number of nitro groups is 1. The first-order valence-electron chi connectivity index (χ1n) is 6.23. The van der Waals surface area contributed by atoms with Gasteiger partial charge in [0.15, 0.2) is 6.10 Å². The van der Waals surface area contributed by atoms with Crippen LogP contribution < -0.4 is 5.73 Å². The van der Waals surface area contributed by atoms with Crippen LogP contribution in [0.2, 0.25) is 0 Å². The lowest BCUT2D eigenvalue weighted by Gasteiger charge is -2.16. The number of aliphatic hydroxyl groups is 1. The van der Waals surface area contributed by atoms with Crippen LogP contribution in [0.25, 0.3) is 4.85 Å². The number of primary amides is 1. The maximum atomic E-state index is 11.2. The van der Waals surface area contributed by atoms with Crippen LogP contribution in [0.5, 0.6) is 0 Å². The molecular weight excluding hydrogens is 292 g/mol. The molecule has 3 N–H and O–H groups in total. The van der Waals surface area contributed by atoms with E-state index in [1.807, 2.05) is 0 Å². The summed E-state index contributed by atoms with van der Waals surface area (Å²) >= 11 is 0. The molecule has 3 atom stereocenters. The van der Waals surface area contributed by atoms with Gasteiger partial charge in [-0.15, -0.1) is 0 Å². The second kappa shape index (κ2) is 6.19. The number of nitrogens with two attached hydrogens (primary N) is 1. The predicted molar refractivity (Wildman–Crippen MR) is 74.8 cm³/mol. The molecule has 0 aromatic heterocycles. The fourth-order valence-electron chi connectivity index (χ4n) is 2.06. The second-order valence-electron chi connectivity index (χ2n) is 4.54. The average Bonchev–Trinajstić information content (AvgIpc) is 2.91. The van der Waals surface area contributed by atoms with Crippen LogP contribution in [0.15, 0.2) is 29.3 Å². The molecule has 2 rings (SSSR count). The van der Waals surface area contributed by atoms with Gasteiger partial charge in [0.25, 0.3) is 11.6 Å². The van der Waals surface area contributed by atoms with Crippen LogP contribution in [-0.4, -0.2) is 40.5 Å². The molecule has 0 radical (unpaired) electrons. The predicted octanol–water partition coefficient (Wildman–Crippen LogP) is 0.199. The van der Waals surface area contributed by atoms with Gasteiger partial charge < -0.3 is 15.6 Å². The Balaban J connectivity index is 2.25. The number of carbonyl (C=O) groups is 1. The minimum Gasteiger partial charge on any atom is -0.464 e. The first-order chi connectivity index (χ1) is 10.5. The highest BCUT2D eigenvalue weighted by molar-refractivity contribution is 6.06. The Labute approximate surface area is 125 Å². The summed E-state index contributed by atoms with van der Waals surface area (Å²) in [7, 11) is 0. The van der Waals surface area contributed by atoms with E-state index in [2.05, 4.69) is 9.84 Å². The topological polar surface area (TPSA) is 132 Å². The maximum absolute atomic E-state index is 11.2. The van der Waals surface area contributed by atoms with Crippen molar-refractivity contribution in [3.8, 4) is 0 Å². The number of non-ortho nitro benzene ring substituents is 1. The summed E-state index contributed by atoms with van der Waals surface area (Å²) in [5.41, 5.74) is 5.56. The SMILES string of the molecule is [C-]#[N+]C(C(N)=O)C1=NC(CO)C(c2ccc([N+](=O)[O-])cc2)O1. The Morgan fingerprint density at radius 3 is 2.64 bits per heavy atom. The molecule has 0 fully saturated rings. The normalized spacial score (nSPS) is 21.4. The van der Waals surface area contributed by atoms with Crippen LogP contribution in [-0.2, 0) is 9.53 Å². The molecule has 22 heavy (non-hydrogen) atoms. The van der Waals surface area contributed by atoms with Crippen molar-refractivity contribution in [2.24, 2.45) is 10.7 Å². The molecule has 0 bridgehead atoms. The molecule has 0 saturated carbocycles. The summed E-state index contributed by atoms with van der Waals surface area (Å²) in [6.45, 7) is 6.58. The third-order valence-electron chi connectivity index (χ3n) is 3.14. The van der Waals surface area contributed by atoms with Gasteiger partial charge in [0.1, 0.15) is 6.04 Å². The largest absolute Gasteiger partial charge is 0.464 e. The quantitative estimate of drug-likeness (QED) is 0.455. The highest BCUT2D eigenvalue weighted by atomic mass is 16.6. The van der Waals surface area contributed by atoms with E-state index in [1.165, 1.54) is 24.3 Å².